The van der Waals surface area contributed by atoms with Gasteiger partial charge in [-0.1, -0.05) is 6.92 Å². The number of amides is 1. The van der Waals surface area contributed by atoms with Gasteiger partial charge in [0.05, 0.1) is 29.0 Å². The summed E-state index contributed by atoms with van der Waals surface area (Å²) in [6, 6.07) is 2.43. The van der Waals surface area contributed by atoms with Crippen LogP contribution in [0.1, 0.15) is 17.3 Å². The highest BCUT2D eigenvalue weighted by Gasteiger charge is 2.20. The van der Waals surface area contributed by atoms with Crippen LogP contribution in [-0.2, 0) is 9.84 Å². The Bertz CT molecular complexity index is 552. The average Bonchev–Trinajstić information content (AvgIpc) is 2.27. The van der Waals surface area contributed by atoms with E-state index < -0.39 is 15.7 Å². The maximum Gasteiger partial charge on any atom is 0.252 e. The number of benzene rings is 1. The molecule has 94 valence electrons. The molecule has 0 saturated carbocycles. The lowest BCUT2D eigenvalue weighted by atomic mass is 10.1. The van der Waals surface area contributed by atoms with Crippen molar-refractivity contribution in [2.75, 3.05) is 18.6 Å². The molecule has 0 aromatic heterocycles. The fourth-order valence-corrected chi connectivity index (χ4v) is 2.39. The van der Waals surface area contributed by atoms with Crippen molar-refractivity contribution in [2.45, 2.75) is 11.8 Å². The number of hydrogen-bond donors (Lipinski definition) is 2. The Morgan fingerprint density at radius 3 is 2.41 bits per heavy atom. The number of ether oxygens (including phenoxy) is 1. The molecule has 1 rings (SSSR count). The van der Waals surface area contributed by atoms with Crippen molar-refractivity contribution >= 4 is 21.4 Å². The summed E-state index contributed by atoms with van der Waals surface area (Å²) in [5.74, 6) is -0.721. The van der Waals surface area contributed by atoms with Gasteiger partial charge in [-0.05, 0) is 6.07 Å². The molecule has 7 heteroatoms. The Balaban J connectivity index is 3.56. The first-order valence-corrected chi connectivity index (χ1v) is 6.48. The zero-order valence-electron chi connectivity index (χ0n) is 9.56. The third-order valence-corrected chi connectivity index (χ3v) is 4.10. The lowest BCUT2D eigenvalue weighted by molar-refractivity contribution is 0.0997. The van der Waals surface area contributed by atoms with E-state index in [2.05, 4.69) is 0 Å². The number of primary amides is 1. The molecule has 0 fully saturated rings. The first kappa shape index (κ1) is 13.3. The summed E-state index contributed by atoms with van der Waals surface area (Å²) in [7, 11) is -2.16. The normalized spacial score (nSPS) is 11.2. The molecule has 0 atom stereocenters. The molecule has 0 bridgehead atoms. The number of methoxy groups -OCH3 is 1. The van der Waals surface area contributed by atoms with Crippen LogP contribution in [0.5, 0.6) is 5.75 Å². The van der Waals surface area contributed by atoms with Gasteiger partial charge in [-0.3, -0.25) is 4.79 Å². The summed E-state index contributed by atoms with van der Waals surface area (Å²) in [6.45, 7) is 1.49. The highest BCUT2D eigenvalue weighted by molar-refractivity contribution is 7.91. The van der Waals surface area contributed by atoms with Gasteiger partial charge < -0.3 is 16.2 Å². The molecule has 1 aromatic carbocycles. The quantitative estimate of drug-likeness (QED) is 0.747. The predicted octanol–water partition coefficient (Wildman–Crippen LogP) is 0.170. The third kappa shape index (κ3) is 2.50. The van der Waals surface area contributed by atoms with Gasteiger partial charge in [0.25, 0.3) is 5.91 Å². The number of anilines is 1. The van der Waals surface area contributed by atoms with Gasteiger partial charge in [0.15, 0.2) is 9.84 Å². The van der Waals surface area contributed by atoms with Crippen molar-refractivity contribution in [3.05, 3.63) is 17.7 Å². The number of rotatable bonds is 4. The molecule has 0 radical (unpaired) electrons. The van der Waals surface area contributed by atoms with E-state index >= 15 is 0 Å². The Labute approximate surface area is 99.5 Å². The maximum atomic E-state index is 11.7. The minimum absolute atomic E-state index is 0.00581. The molecule has 0 saturated heterocycles. The Morgan fingerprint density at radius 2 is 2.00 bits per heavy atom. The molecular formula is C10H14N2O4S. The van der Waals surface area contributed by atoms with Crippen molar-refractivity contribution in [3.63, 3.8) is 0 Å². The van der Waals surface area contributed by atoms with Gasteiger partial charge in [-0.2, -0.15) is 0 Å². The molecule has 1 amide bonds. The molecule has 0 spiro atoms. The van der Waals surface area contributed by atoms with Crippen LogP contribution in [0.15, 0.2) is 17.0 Å². The van der Waals surface area contributed by atoms with Crippen LogP contribution in [0.3, 0.4) is 0 Å². The van der Waals surface area contributed by atoms with Gasteiger partial charge in [0.1, 0.15) is 5.75 Å². The SMILES string of the molecule is CCS(=O)(=O)c1cc(C(N)=O)c(OC)cc1N. The molecule has 1 aromatic rings. The molecular weight excluding hydrogens is 244 g/mol. The minimum atomic E-state index is -3.50. The number of nitrogens with two attached hydrogens (primary N) is 2. The van der Waals surface area contributed by atoms with E-state index in [9.17, 15) is 13.2 Å². The molecule has 0 aliphatic carbocycles. The summed E-state index contributed by atoms with van der Waals surface area (Å²) >= 11 is 0. The van der Waals surface area contributed by atoms with E-state index in [4.69, 9.17) is 16.2 Å². The molecule has 17 heavy (non-hydrogen) atoms. The van der Waals surface area contributed by atoms with Crippen LogP contribution in [0, 0.1) is 0 Å². The average molecular weight is 258 g/mol. The first-order chi connectivity index (χ1) is 7.83. The largest absolute Gasteiger partial charge is 0.496 e. The number of nitrogen functional groups attached to an aromatic ring is 1. The van der Waals surface area contributed by atoms with Gasteiger partial charge >= 0.3 is 0 Å². The lowest BCUT2D eigenvalue weighted by Gasteiger charge is -2.11. The Hall–Kier alpha value is -1.76. The Morgan fingerprint density at radius 1 is 1.41 bits per heavy atom. The fraction of sp³-hybridized carbons (Fsp3) is 0.300. The lowest BCUT2D eigenvalue weighted by Crippen LogP contribution is -2.15. The monoisotopic (exact) mass is 258 g/mol. The van der Waals surface area contributed by atoms with Crippen LogP contribution in [0.4, 0.5) is 5.69 Å². The molecule has 0 unspecified atom stereocenters. The van der Waals surface area contributed by atoms with E-state index in [0.717, 1.165) is 6.07 Å². The summed E-state index contributed by atoms with van der Waals surface area (Å²) in [5.41, 5.74) is 10.8. The third-order valence-electron chi connectivity index (χ3n) is 2.31. The van der Waals surface area contributed by atoms with Crippen LogP contribution in [0.2, 0.25) is 0 Å². The number of carbonyl (C=O) groups excluding carboxylic acids is 1. The van der Waals surface area contributed by atoms with Gasteiger partial charge in [0, 0.05) is 6.07 Å². The maximum absolute atomic E-state index is 11.7. The predicted molar refractivity (Wildman–Crippen MR) is 63.7 cm³/mol. The highest BCUT2D eigenvalue weighted by Crippen LogP contribution is 2.28. The van der Waals surface area contributed by atoms with E-state index in [-0.39, 0.29) is 27.6 Å². The first-order valence-electron chi connectivity index (χ1n) is 4.83. The molecule has 0 aliphatic rings. The summed E-state index contributed by atoms with van der Waals surface area (Å²) in [4.78, 5) is 11.1. The second kappa shape index (κ2) is 4.62. The van der Waals surface area contributed by atoms with Crippen molar-refractivity contribution in [2.24, 2.45) is 5.73 Å². The number of sulfone groups is 1. The van der Waals surface area contributed by atoms with Gasteiger partial charge in [-0.25, -0.2) is 8.42 Å². The van der Waals surface area contributed by atoms with Crippen molar-refractivity contribution in [3.8, 4) is 5.75 Å². The molecule has 6 nitrogen and oxygen atoms in total. The smallest absolute Gasteiger partial charge is 0.252 e. The number of hydrogen-bond acceptors (Lipinski definition) is 5. The van der Waals surface area contributed by atoms with Crippen molar-refractivity contribution in [1.82, 2.24) is 0 Å². The fourth-order valence-electron chi connectivity index (χ4n) is 1.36. The minimum Gasteiger partial charge on any atom is -0.496 e. The zero-order chi connectivity index (χ0) is 13.2. The standard InChI is InChI=1S/C10H14N2O4S/c1-3-17(14,15)9-4-6(10(12)13)8(16-2)5-7(9)11/h4-5H,3,11H2,1-2H3,(H2,12,13). The summed E-state index contributed by atoms with van der Waals surface area (Å²) in [5, 5.41) is 0. The second-order valence-electron chi connectivity index (χ2n) is 3.36. The summed E-state index contributed by atoms with van der Waals surface area (Å²) in [6.07, 6.45) is 0. The zero-order valence-corrected chi connectivity index (χ0v) is 10.4. The highest BCUT2D eigenvalue weighted by atomic mass is 32.2. The Kier molecular flexibility index (Phi) is 3.62. The van der Waals surface area contributed by atoms with E-state index in [1.807, 2.05) is 0 Å². The molecule has 0 heterocycles. The van der Waals surface area contributed by atoms with Crippen molar-refractivity contribution in [1.29, 1.82) is 0 Å². The topological polar surface area (TPSA) is 112 Å². The van der Waals surface area contributed by atoms with E-state index in [1.54, 1.807) is 0 Å². The molecule has 0 aliphatic heterocycles. The van der Waals surface area contributed by atoms with Gasteiger partial charge in [0.2, 0.25) is 0 Å². The van der Waals surface area contributed by atoms with E-state index in [1.165, 1.54) is 20.1 Å². The van der Waals surface area contributed by atoms with Crippen LogP contribution in [0.25, 0.3) is 0 Å². The van der Waals surface area contributed by atoms with Gasteiger partial charge in [-0.15, -0.1) is 0 Å². The van der Waals surface area contributed by atoms with E-state index in [0.29, 0.717) is 0 Å². The molecule has 4 N–H and O–H groups in total. The summed E-state index contributed by atoms with van der Waals surface area (Å²) < 4.78 is 28.4. The van der Waals surface area contributed by atoms with Crippen LogP contribution >= 0.6 is 0 Å². The van der Waals surface area contributed by atoms with Crippen LogP contribution in [-0.4, -0.2) is 27.2 Å². The van der Waals surface area contributed by atoms with Crippen molar-refractivity contribution < 1.29 is 17.9 Å². The van der Waals surface area contributed by atoms with Crippen LogP contribution < -0.4 is 16.2 Å². The second-order valence-corrected chi connectivity index (χ2v) is 5.60. The number of carbonyl (C=O) groups is 1.